The molecule has 11 nitrogen and oxygen atoms in total. The molecule has 1 atom stereocenters. The molecule has 1 aromatic heterocycles. The number of hydrogen-bond donors (Lipinski definition) is 2. The summed E-state index contributed by atoms with van der Waals surface area (Å²) >= 11 is 0. The van der Waals surface area contributed by atoms with Crippen LogP contribution in [0.1, 0.15) is 46.6 Å². The Labute approximate surface area is 220 Å². The van der Waals surface area contributed by atoms with E-state index in [0.29, 0.717) is 31.7 Å². The van der Waals surface area contributed by atoms with Gasteiger partial charge < -0.3 is 29.6 Å². The summed E-state index contributed by atoms with van der Waals surface area (Å²) in [6.07, 6.45) is 3.48. The first-order valence-electron chi connectivity index (χ1n) is 12.6. The van der Waals surface area contributed by atoms with E-state index in [-0.39, 0.29) is 36.0 Å². The van der Waals surface area contributed by atoms with Crippen LogP contribution in [-0.4, -0.2) is 85.3 Å². The van der Waals surface area contributed by atoms with Crippen LogP contribution in [0.4, 0.5) is 0 Å². The topological polar surface area (TPSA) is 138 Å². The second-order valence-electron chi connectivity index (χ2n) is 9.73. The summed E-state index contributed by atoms with van der Waals surface area (Å²) in [6.45, 7) is 2.04. The van der Waals surface area contributed by atoms with Crippen LogP contribution >= 0.6 is 0 Å². The summed E-state index contributed by atoms with van der Waals surface area (Å²) < 4.78 is 9.85. The lowest BCUT2D eigenvalue weighted by Crippen LogP contribution is -2.48. The van der Waals surface area contributed by atoms with Crippen molar-refractivity contribution >= 4 is 29.6 Å². The number of piperidine rings is 1. The second kappa shape index (κ2) is 11.9. The minimum atomic E-state index is -1.09. The molecule has 2 aliphatic heterocycles. The average molecular weight is 525 g/mol. The first-order chi connectivity index (χ1) is 18.3. The highest BCUT2D eigenvalue weighted by Crippen LogP contribution is 2.40. The van der Waals surface area contributed by atoms with Crippen molar-refractivity contribution in [3.05, 3.63) is 60.1 Å². The molecule has 11 heteroatoms. The molecule has 0 bridgehead atoms. The number of hydrogen-bond acceptors (Lipinski definition) is 7. The number of benzene rings is 1. The number of methoxy groups -OCH3 is 1. The van der Waals surface area contributed by atoms with E-state index >= 15 is 0 Å². The van der Waals surface area contributed by atoms with Gasteiger partial charge in [-0.1, -0.05) is 18.2 Å². The number of carbonyl (C=O) groups is 5. The normalized spacial score (nSPS) is 17.1. The highest BCUT2D eigenvalue weighted by atomic mass is 16.5. The zero-order chi connectivity index (χ0) is 27.1. The third-order valence-electron chi connectivity index (χ3n) is 7.32. The molecular weight excluding hydrogens is 492 g/mol. The van der Waals surface area contributed by atoms with Gasteiger partial charge in [0.2, 0.25) is 11.8 Å². The van der Waals surface area contributed by atoms with Crippen molar-refractivity contribution in [1.82, 2.24) is 20.4 Å². The minimum absolute atomic E-state index is 0.0993. The van der Waals surface area contributed by atoms with Crippen LogP contribution < -0.4 is 10.6 Å². The van der Waals surface area contributed by atoms with E-state index in [1.165, 1.54) is 19.4 Å². The number of furan rings is 1. The second-order valence-corrected chi connectivity index (χ2v) is 9.73. The highest BCUT2D eigenvalue weighted by molar-refractivity contribution is 5.98. The lowest BCUT2D eigenvalue weighted by molar-refractivity contribution is -0.146. The van der Waals surface area contributed by atoms with E-state index in [9.17, 15) is 24.0 Å². The molecule has 4 rings (SSSR count). The lowest BCUT2D eigenvalue weighted by Gasteiger charge is -2.39. The summed E-state index contributed by atoms with van der Waals surface area (Å²) in [5, 5.41) is 5.19. The average Bonchev–Trinajstić information content (AvgIpc) is 3.63. The Bertz CT molecular complexity index is 1160. The highest BCUT2D eigenvalue weighted by Gasteiger charge is 2.43. The summed E-state index contributed by atoms with van der Waals surface area (Å²) in [5.74, 6) is -1.82. The number of rotatable bonds is 8. The number of carbonyl (C=O) groups excluding carboxylic acids is 5. The standard InChI is InChI=1S/C27H32N4O7/c1-37-26(36)20(29-24(34)19-6-3-2-4-7-19)16-22(32)31-14-11-27(18-31)9-12-30(13-10-27)23(33)17-28-25(35)21-8-5-15-38-21/h2-8,15,20H,9-14,16-18H2,1H3,(H,28,35)(H,29,34). The molecule has 202 valence electrons. The van der Waals surface area contributed by atoms with Crippen molar-refractivity contribution in [3.8, 4) is 0 Å². The first-order valence-corrected chi connectivity index (χ1v) is 12.6. The molecule has 3 heterocycles. The minimum Gasteiger partial charge on any atom is -0.467 e. The third kappa shape index (κ3) is 6.39. The van der Waals surface area contributed by atoms with Gasteiger partial charge in [0.1, 0.15) is 6.04 Å². The van der Waals surface area contributed by atoms with Gasteiger partial charge in [-0.3, -0.25) is 19.2 Å². The molecule has 4 amide bonds. The molecule has 1 unspecified atom stereocenters. The molecule has 2 aliphatic rings. The number of ether oxygens (including phenoxy) is 1. The Hall–Kier alpha value is -4.15. The van der Waals surface area contributed by atoms with Crippen molar-refractivity contribution in [1.29, 1.82) is 0 Å². The van der Waals surface area contributed by atoms with Crippen LogP contribution in [0.25, 0.3) is 0 Å². The van der Waals surface area contributed by atoms with Crippen LogP contribution in [0.15, 0.2) is 53.1 Å². The maximum absolute atomic E-state index is 13.1. The molecule has 2 saturated heterocycles. The smallest absolute Gasteiger partial charge is 0.328 e. The van der Waals surface area contributed by atoms with Gasteiger partial charge >= 0.3 is 5.97 Å². The van der Waals surface area contributed by atoms with E-state index in [0.717, 1.165) is 19.3 Å². The molecule has 0 saturated carbocycles. The van der Waals surface area contributed by atoms with Crippen LogP contribution in [0.2, 0.25) is 0 Å². The zero-order valence-electron chi connectivity index (χ0n) is 21.3. The Morgan fingerprint density at radius 2 is 1.61 bits per heavy atom. The Morgan fingerprint density at radius 3 is 2.24 bits per heavy atom. The number of esters is 1. The predicted octanol–water partition coefficient (Wildman–Crippen LogP) is 1.21. The molecular formula is C27H32N4O7. The maximum Gasteiger partial charge on any atom is 0.328 e. The summed E-state index contributed by atoms with van der Waals surface area (Å²) in [5.41, 5.74) is 0.286. The SMILES string of the molecule is COC(=O)C(CC(=O)N1CCC2(CCN(C(=O)CNC(=O)c3ccco3)CC2)C1)NC(=O)c1ccccc1. The van der Waals surface area contributed by atoms with Crippen molar-refractivity contribution in [2.75, 3.05) is 39.8 Å². The lowest BCUT2D eigenvalue weighted by atomic mass is 9.78. The van der Waals surface area contributed by atoms with Gasteiger partial charge in [0.05, 0.1) is 26.3 Å². The van der Waals surface area contributed by atoms with Gasteiger partial charge in [0.15, 0.2) is 5.76 Å². The summed E-state index contributed by atoms with van der Waals surface area (Å²) in [7, 11) is 1.22. The molecule has 2 aromatic rings. The molecule has 0 radical (unpaired) electrons. The number of nitrogens with zero attached hydrogens (tertiary/aromatic N) is 2. The Kier molecular flexibility index (Phi) is 8.45. The van der Waals surface area contributed by atoms with E-state index in [2.05, 4.69) is 10.6 Å². The fraction of sp³-hybridized carbons (Fsp3) is 0.444. The third-order valence-corrected chi connectivity index (χ3v) is 7.32. The van der Waals surface area contributed by atoms with Crippen LogP contribution in [0, 0.1) is 5.41 Å². The number of nitrogens with one attached hydrogen (secondary N) is 2. The molecule has 2 fully saturated rings. The van der Waals surface area contributed by atoms with Gasteiger partial charge in [-0.25, -0.2) is 4.79 Å². The van der Waals surface area contributed by atoms with Gasteiger partial charge in [0.25, 0.3) is 11.8 Å². The van der Waals surface area contributed by atoms with Crippen molar-refractivity contribution in [2.45, 2.75) is 31.7 Å². The molecule has 1 aromatic carbocycles. The Balaban J connectivity index is 1.26. The van der Waals surface area contributed by atoms with Crippen molar-refractivity contribution in [3.63, 3.8) is 0 Å². The van der Waals surface area contributed by atoms with Crippen LogP contribution in [-0.2, 0) is 19.1 Å². The molecule has 1 spiro atoms. The fourth-order valence-corrected chi connectivity index (χ4v) is 5.02. The molecule has 2 N–H and O–H groups in total. The number of likely N-dealkylation sites (tertiary alicyclic amines) is 2. The van der Waals surface area contributed by atoms with Gasteiger partial charge in [-0.15, -0.1) is 0 Å². The molecule has 38 heavy (non-hydrogen) atoms. The zero-order valence-corrected chi connectivity index (χ0v) is 21.3. The van der Waals surface area contributed by atoms with Gasteiger partial charge in [-0.2, -0.15) is 0 Å². The summed E-state index contributed by atoms with van der Waals surface area (Å²) in [4.78, 5) is 66.0. The van der Waals surface area contributed by atoms with E-state index in [1.807, 2.05) is 0 Å². The summed E-state index contributed by atoms with van der Waals surface area (Å²) in [6, 6.07) is 10.5. The Morgan fingerprint density at radius 1 is 0.921 bits per heavy atom. The van der Waals surface area contributed by atoms with Gasteiger partial charge in [-0.05, 0) is 48.9 Å². The van der Waals surface area contributed by atoms with E-state index < -0.39 is 23.8 Å². The van der Waals surface area contributed by atoms with E-state index in [4.69, 9.17) is 9.15 Å². The maximum atomic E-state index is 13.1. The number of amides is 4. The van der Waals surface area contributed by atoms with Crippen molar-refractivity contribution < 1.29 is 33.1 Å². The largest absolute Gasteiger partial charge is 0.467 e. The van der Waals surface area contributed by atoms with Crippen LogP contribution in [0.3, 0.4) is 0 Å². The van der Waals surface area contributed by atoms with Crippen molar-refractivity contribution in [2.24, 2.45) is 5.41 Å². The predicted molar refractivity (Wildman–Crippen MR) is 135 cm³/mol. The first kappa shape index (κ1) is 26.9. The fourth-order valence-electron chi connectivity index (χ4n) is 5.02. The van der Waals surface area contributed by atoms with Crippen LogP contribution in [0.5, 0.6) is 0 Å². The monoisotopic (exact) mass is 524 g/mol. The molecule has 0 aliphatic carbocycles. The van der Waals surface area contributed by atoms with E-state index in [1.54, 1.807) is 46.2 Å². The quantitative estimate of drug-likeness (QED) is 0.495. The van der Waals surface area contributed by atoms with Gasteiger partial charge in [0, 0.05) is 31.7 Å².